The van der Waals surface area contributed by atoms with Gasteiger partial charge < -0.3 is 5.32 Å². The molecule has 2 heterocycles. The van der Waals surface area contributed by atoms with Gasteiger partial charge in [0.15, 0.2) is 4.96 Å². The summed E-state index contributed by atoms with van der Waals surface area (Å²) in [4.78, 5) is 5.79. The third-order valence-corrected chi connectivity index (χ3v) is 4.55. The lowest BCUT2D eigenvalue weighted by Gasteiger charge is -2.15. The lowest BCUT2D eigenvalue weighted by Crippen LogP contribution is -2.23. The number of nitrogens with one attached hydrogen (secondary N) is 1. The normalized spacial score (nSPS) is 12.9. The lowest BCUT2D eigenvalue weighted by atomic mass is 9.94. The van der Waals surface area contributed by atoms with Crippen LogP contribution in [0.4, 0.5) is 0 Å². The first-order valence-corrected chi connectivity index (χ1v) is 8.24. The molecule has 0 saturated carbocycles. The molecule has 1 unspecified atom stereocenters. The second kappa shape index (κ2) is 6.41. The number of nitrogens with zero attached hydrogens (tertiary/aromatic N) is 2. The first-order chi connectivity index (χ1) is 10.2. The van der Waals surface area contributed by atoms with E-state index in [4.69, 9.17) is 4.98 Å². The van der Waals surface area contributed by atoms with Crippen molar-refractivity contribution in [3.8, 4) is 0 Å². The third-order valence-electron chi connectivity index (χ3n) is 3.78. The van der Waals surface area contributed by atoms with E-state index in [-0.39, 0.29) is 0 Å². The number of hydrogen-bond acceptors (Lipinski definition) is 3. The van der Waals surface area contributed by atoms with Crippen LogP contribution in [0, 0.1) is 12.8 Å². The molecule has 0 amide bonds. The summed E-state index contributed by atoms with van der Waals surface area (Å²) in [5.74, 6) is 0.572. The molecular formula is C17H21N3S. The quantitative estimate of drug-likeness (QED) is 0.756. The fraction of sp³-hybridized carbons (Fsp3) is 0.353. The maximum Gasteiger partial charge on any atom is 0.193 e. The van der Waals surface area contributed by atoms with Crippen LogP contribution in [0.3, 0.4) is 0 Å². The Kier molecular flexibility index (Phi) is 4.36. The molecular weight excluding hydrogens is 278 g/mol. The topological polar surface area (TPSA) is 29.3 Å². The Morgan fingerprint density at radius 1 is 1.24 bits per heavy atom. The van der Waals surface area contributed by atoms with E-state index in [1.165, 1.54) is 16.8 Å². The molecule has 1 aromatic carbocycles. The molecule has 1 N–H and O–H groups in total. The maximum atomic E-state index is 4.70. The largest absolute Gasteiger partial charge is 0.319 e. The monoisotopic (exact) mass is 299 g/mol. The number of aryl methyl sites for hydroxylation is 1. The Hall–Kier alpha value is -1.65. The molecule has 0 aliphatic carbocycles. The van der Waals surface area contributed by atoms with Gasteiger partial charge >= 0.3 is 0 Å². The van der Waals surface area contributed by atoms with Crippen molar-refractivity contribution in [2.24, 2.45) is 5.92 Å². The summed E-state index contributed by atoms with van der Waals surface area (Å²) in [6.45, 7) is 3.14. The van der Waals surface area contributed by atoms with Gasteiger partial charge in [0.1, 0.15) is 0 Å². The number of thiazole rings is 1. The molecule has 0 saturated heterocycles. The van der Waals surface area contributed by atoms with E-state index < -0.39 is 0 Å². The summed E-state index contributed by atoms with van der Waals surface area (Å²) < 4.78 is 2.11. The molecule has 1 atom stereocenters. The van der Waals surface area contributed by atoms with Gasteiger partial charge in [0, 0.05) is 17.8 Å². The van der Waals surface area contributed by atoms with E-state index in [9.17, 15) is 0 Å². The second-order valence-corrected chi connectivity index (χ2v) is 6.52. The van der Waals surface area contributed by atoms with Crippen LogP contribution in [0.1, 0.15) is 16.8 Å². The average Bonchev–Trinajstić information content (AvgIpc) is 3.02. The SMILES string of the molecule is CNCC(Cc1ccc(C)cc1)Cc1cn2ccsc2n1. The van der Waals surface area contributed by atoms with Crippen LogP contribution in [0.2, 0.25) is 0 Å². The lowest BCUT2D eigenvalue weighted by molar-refractivity contribution is 0.489. The van der Waals surface area contributed by atoms with Crippen molar-refractivity contribution in [3.63, 3.8) is 0 Å². The van der Waals surface area contributed by atoms with Gasteiger partial charge in [-0.1, -0.05) is 29.8 Å². The zero-order valence-electron chi connectivity index (χ0n) is 12.5. The number of imidazole rings is 1. The Morgan fingerprint density at radius 2 is 2.05 bits per heavy atom. The molecule has 110 valence electrons. The molecule has 0 bridgehead atoms. The van der Waals surface area contributed by atoms with Gasteiger partial charge in [0.2, 0.25) is 0 Å². The minimum atomic E-state index is 0.572. The first-order valence-electron chi connectivity index (χ1n) is 7.36. The summed E-state index contributed by atoms with van der Waals surface area (Å²) in [7, 11) is 2.02. The van der Waals surface area contributed by atoms with Crippen LogP contribution in [0.5, 0.6) is 0 Å². The van der Waals surface area contributed by atoms with Gasteiger partial charge in [-0.15, -0.1) is 11.3 Å². The molecule has 0 radical (unpaired) electrons. The fourth-order valence-electron chi connectivity index (χ4n) is 2.73. The fourth-order valence-corrected chi connectivity index (χ4v) is 3.45. The van der Waals surface area contributed by atoms with Crippen LogP contribution in [-0.4, -0.2) is 23.0 Å². The number of aromatic nitrogens is 2. The Labute approximate surface area is 129 Å². The molecule has 3 rings (SSSR count). The standard InChI is InChI=1S/C17H21N3S/c1-13-3-5-14(6-4-13)9-15(11-18-2)10-16-12-20-7-8-21-17(20)19-16/h3-8,12,15,18H,9-11H2,1-2H3. The highest BCUT2D eigenvalue weighted by Crippen LogP contribution is 2.17. The van der Waals surface area contributed by atoms with Gasteiger partial charge in [0.05, 0.1) is 5.69 Å². The summed E-state index contributed by atoms with van der Waals surface area (Å²) in [6, 6.07) is 8.87. The van der Waals surface area contributed by atoms with Gasteiger partial charge in [-0.2, -0.15) is 0 Å². The highest BCUT2D eigenvalue weighted by molar-refractivity contribution is 7.15. The highest BCUT2D eigenvalue weighted by Gasteiger charge is 2.13. The maximum absolute atomic E-state index is 4.70. The van der Waals surface area contributed by atoms with E-state index >= 15 is 0 Å². The van der Waals surface area contributed by atoms with Crippen LogP contribution >= 0.6 is 11.3 Å². The summed E-state index contributed by atoms with van der Waals surface area (Å²) in [5.41, 5.74) is 3.91. The van der Waals surface area contributed by atoms with Crippen LogP contribution < -0.4 is 5.32 Å². The number of fused-ring (bicyclic) bond motifs is 1. The zero-order chi connectivity index (χ0) is 14.7. The van der Waals surface area contributed by atoms with Crippen molar-refractivity contribution in [3.05, 3.63) is 58.9 Å². The van der Waals surface area contributed by atoms with Crippen molar-refractivity contribution in [1.29, 1.82) is 0 Å². The van der Waals surface area contributed by atoms with Crippen LogP contribution in [0.15, 0.2) is 42.0 Å². The minimum Gasteiger partial charge on any atom is -0.319 e. The van der Waals surface area contributed by atoms with Crippen molar-refractivity contribution in [1.82, 2.24) is 14.7 Å². The molecule has 21 heavy (non-hydrogen) atoms. The summed E-state index contributed by atoms with van der Waals surface area (Å²) in [5, 5.41) is 5.39. The second-order valence-electron chi connectivity index (χ2n) is 5.64. The zero-order valence-corrected chi connectivity index (χ0v) is 13.4. The van der Waals surface area contributed by atoms with E-state index in [1.54, 1.807) is 11.3 Å². The predicted molar refractivity (Wildman–Crippen MR) is 89.1 cm³/mol. The highest BCUT2D eigenvalue weighted by atomic mass is 32.1. The molecule has 0 fully saturated rings. The summed E-state index contributed by atoms with van der Waals surface area (Å²) >= 11 is 1.69. The molecule has 0 aliphatic heterocycles. The van der Waals surface area contributed by atoms with E-state index in [2.05, 4.69) is 58.7 Å². The van der Waals surface area contributed by atoms with Crippen molar-refractivity contribution >= 4 is 16.3 Å². The Bertz CT molecular complexity index is 668. The number of rotatable bonds is 6. The Balaban J connectivity index is 1.71. The number of benzene rings is 1. The average molecular weight is 299 g/mol. The molecule has 2 aromatic heterocycles. The van der Waals surface area contributed by atoms with Gasteiger partial charge in [-0.05, 0) is 44.8 Å². The molecule has 4 heteroatoms. The van der Waals surface area contributed by atoms with Crippen LogP contribution in [0.25, 0.3) is 4.96 Å². The summed E-state index contributed by atoms with van der Waals surface area (Å²) in [6.07, 6.45) is 6.34. The molecule has 3 aromatic rings. The first kappa shape index (κ1) is 14.3. The molecule has 0 aliphatic rings. The minimum absolute atomic E-state index is 0.572. The smallest absolute Gasteiger partial charge is 0.193 e. The third kappa shape index (κ3) is 3.52. The van der Waals surface area contributed by atoms with Crippen molar-refractivity contribution in [2.75, 3.05) is 13.6 Å². The molecule has 0 spiro atoms. The van der Waals surface area contributed by atoms with E-state index in [0.29, 0.717) is 5.92 Å². The van der Waals surface area contributed by atoms with E-state index in [1.807, 2.05) is 7.05 Å². The van der Waals surface area contributed by atoms with Gasteiger partial charge in [0.25, 0.3) is 0 Å². The van der Waals surface area contributed by atoms with Gasteiger partial charge in [-0.3, -0.25) is 4.40 Å². The van der Waals surface area contributed by atoms with Gasteiger partial charge in [-0.25, -0.2) is 4.98 Å². The van der Waals surface area contributed by atoms with E-state index in [0.717, 1.165) is 24.3 Å². The molecule has 3 nitrogen and oxygen atoms in total. The van der Waals surface area contributed by atoms with Crippen molar-refractivity contribution < 1.29 is 0 Å². The number of hydrogen-bond donors (Lipinski definition) is 1. The predicted octanol–water partition coefficient (Wildman–Crippen LogP) is 3.33. The van der Waals surface area contributed by atoms with Crippen LogP contribution in [-0.2, 0) is 12.8 Å². The Morgan fingerprint density at radius 3 is 2.76 bits per heavy atom. The van der Waals surface area contributed by atoms with Crippen molar-refractivity contribution in [2.45, 2.75) is 19.8 Å².